The van der Waals surface area contributed by atoms with Crippen molar-refractivity contribution in [1.82, 2.24) is 14.8 Å². The van der Waals surface area contributed by atoms with E-state index < -0.39 is 0 Å². The molecule has 0 N–H and O–H groups in total. The fourth-order valence-corrected chi connectivity index (χ4v) is 3.81. The molecular formula is C19H32N4. The summed E-state index contributed by atoms with van der Waals surface area (Å²) in [6, 6.07) is 5.16. The van der Waals surface area contributed by atoms with Crippen LogP contribution in [0.1, 0.15) is 50.6 Å². The molecule has 0 bridgehead atoms. The quantitative estimate of drug-likeness (QED) is 0.832. The fourth-order valence-electron chi connectivity index (χ4n) is 3.81. The zero-order valence-corrected chi connectivity index (χ0v) is 14.9. The number of pyridine rings is 1. The Bertz CT molecular complexity index is 465. The minimum atomic E-state index is 0.587. The first-order chi connectivity index (χ1) is 11.3. The van der Waals surface area contributed by atoms with Gasteiger partial charge in [-0.2, -0.15) is 0 Å². The molecule has 4 nitrogen and oxygen atoms in total. The van der Waals surface area contributed by atoms with Crippen LogP contribution >= 0.6 is 0 Å². The molecule has 2 saturated heterocycles. The lowest BCUT2D eigenvalue weighted by molar-refractivity contribution is 0.146. The van der Waals surface area contributed by atoms with Crippen molar-refractivity contribution in [1.29, 1.82) is 0 Å². The summed E-state index contributed by atoms with van der Waals surface area (Å²) in [5.41, 5.74) is 1.42. The average molecular weight is 316 g/mol. The number of unbranched alkanes of at least 4 members (excludes halogenated alkanes) is 1. The largest absolute Gasteiger partial charge is 0.354 e. The molecule has 3 heterocycles. The summed E-state index contributed by atoms with van der Waals surface area (Å²) in [6.45, 7) is 9.23. The number of likely N-dealkylation sites (tertiary alicyclic amines) is 1. The third-order valence-electron chi connectivity index (χ3n) is 5.40. The van der Waals surface area contributed by atoms with Gasteiger partial charge < -0.3 is 9.80 Å². The topological polar surface area (TPSA) is 22.6 Å². The van der Waals surface area contributed by atoms with Gasteiger partial charge >= 0.3 is 0 Å². The van der Waals surface area contributed by atoms with Crippen molar-refractivity contribution in [3.8, 4) is 0 Å². The third-order valence-corrected chi connectivity index (χ3v) is 5.40. The molecular weight excluding hydrogens is 284 g/mol. The maximum atomic E-state index is 4.80. The van der Waals surface area contributed by atoms with Crippen molar-refractivity contribution in [2.75, 3.05) is 51.2 Å². The Balaban J connectivity index is 1.65. The lowest BCUT2D eigenvalue weighted by Gasteiger charge is -2.36. The molecule has 0 aliphatic carbocycles. The SMILES string of the molecule is CCCCN1CCCC[C@@H]1c1ccc(N2CCN(C)CC2)nc1. The van der Waals surface area contributed by atoms with Gasteiger partial charge in [0, 0.05) is 38.4 Å². The Hall–Kier alpha value is -1.13. The molecule has 2 aliphatic heterocycles. The highest BCUT2D eigenvalue weighted by molar-refractivity contribution is 5.40. The highest BCUT2D eigenvalue weighted by atomic mass is 15.3. The van der Waals surface area contributed by atoms with Crippen LogP contribution in [-0.4, -0.2) is 61.1 Å². The summed E-state index contributed by atoms with van der Waals surface area (Å²) < 4.78 is 0. The predicted molar refractivity (Wildman–Crippen MR) is 97.0 cm³/mol. The number of nitrogens with zero attached hydrogens (tertiary/aromatic N) is 4. The summed E-state index contributed by atoms with van der Waals surface area (Å²) >= 11 is 0. The Morgan fingerprint density at radius 1 is 1.09 bits per heavy atom. The highest BCUT2D eigenvalue weighted by Crippen LogP contribution is 2.31. The molecule has 0 amide bonds. The second kappa shape index (κ2) is 8.11. The fraction of sp³-hybridized carbons (Fsp3) is 0.737. The zero-order chi connectivity index (χ0) is 16.1. The van der Waals surface area contributed by atoms with Gasteiger partial charge in [-0.15, -0.1) is 0 Å². The van der Waals surface area contributed by atoms with Crippen LogP contribution in [0, 0.1) is 0 Å². The Morgan fingerprint density at radius 3 is 2.61 bits per heavy atom. The first-order valence-corrected chi connectivity index (χ1v) is 9.41. The van der Waals surface area contributed by atoms with Crippen molar-refractivity contribution in [2.45, 2.75) is 45.1 Å². The lowest BCUT2D eigenvalue weighted by Crippen LogP contribution is -2.44. The van der Waals surface area contributed by atoms with Crippen LogP contribution in [0.4, 0.5) is 5.82 Å². The highest BCUT2D eigenvalue weighted by Gasteiger charge is 2.24. The van der Waals surface area contributed by atoms with Gasteiger partial charge in [-0.1, -0.05) is 25.8 Å². The number of hydrogen-bond acceptors (Lipinski definition) is 4. The van der Waals surface area contributed by atoms with Gasteiger partial charge in [0.25, 0.3) is 0 Å². The van der Waals surface area contributed by atoms with Crippen molar-refractivity contribution in [3.63, 3.8) is 0 Å². The molecule has 2 fully saturated rings. The molecule has 128 valence electrons. The number of piperidine rings is 1. The first kappa shape index (κ1) is 16.7. The van der Waals surface area contributed by atoms with Crippen LogP contribution in [0.2, 0.25) is 0 Å². The summed E-state index contributed by atoms with van der Waals surface area (Å²) in [5.74, 6) is 1.15. The second-order valence-corrected chi connectivity index (χ2v) is 7.14. The predicted octanol–water partition coefficient (Wildman–Crippen LogP) is 3.16. The maximum absolute atomic E-state index is 4.80. The van der Waals surface area contributed by atoms with Crippen LogP contribution in [0.5, 0.6) is 0 Å². The van der Waals surface area contributed by atoms with Crippen LogP contribution < -0.4 is 4.90 Å². The van der Waals surface area contributed by atoms with Gasteiger partial charge in [0.1, 0.15) is 5.82 Å². The van der Waals surface area contributed by atoms with Crippen molar-refractivity contribution < 1.29 is 0 Å². The van der Waals surface area contributed by atoms with Gasteiger partial charge in [0.15, 0.2) is 0 Å². The van der Waals surface area contributed by atoms with Crippen LogP contribution in [0.3, 0.4) is 0 Å². The molecule has 3 rings (SSSR count). The number of likely N-dealkylation sites (N-methyl/N-ethyl adjacent to an activating group) is 1. The monoisotopic (exact) mass is 316 g/mol. The minimum absolute atomic E-state index is 0.587. The van der Waals surface area contributed by atoms with Crippen molar-refractivity contribution >= 4 is 5.82 Å². The first-order valence-electron chi connectivity index (χ1n) is 9.41. The molecule has 1 aromatic rings. The zero-order valence-electron chi connectivity index (χ0n) is 14.9. The van der Waals surface area contributed by atoms with Crippen molar-refractivity contribution in [2.24, 2.45) is 0 Å². The third kappa shape index (κ3) is 4.24. The van der Waals surface area contributed by atoms with Crippen molar-refractivity contribution in [3.05, 3.63) is 23.9 Å². The van der Waals surface area contributed by atoms with Gasteiger partial charge in [-0.05, 0) is 51.0 Å². The molecule has 0 radical (unpaired) electrons. The number of anilines is 1. The van der Waals surface area contributed by atoms with Gasteiger partial charge in [0.05, 0.1) is 0 Å². The molecule has 4 heteroatoms. The molecule has 0 saturated carbocycles. The molecule has 1 aromatic heterocycles. The van der Waals surface area contributed by atoms with E-state index in [0.717, 1.165) is 32.0 Å². The maximum Gasteiger partial charge on any atom is 0.128 e. The standard InChI is InChI=1S/C19H32N4/c1-3-4-10-22-11-6-5-7-18(22)17-8-9-19(20-16-17)23-14-12-21(2)13-15-23/h8-9,16,18H,3-7,10-15H2,1-2H3/t18-/m1/s1. The van der Waals surface area contributed by atoms with E-state index >= 15 is 0 Å². The van der Waals surface area contributed by atoms with Gasteiger partial charge in [0.2, 0.25) is 0 Å². The Morgan fingerprint density at radius 2 is 1.91 bits per heavy atom. The number of aromatic nitrogens is 1. The summed E-state index contributed by atoms with van der Waals surface area (Å²) in [4.78, 5) is 12.3. The van der Waals surface area contributed by atoms with E-state index in [-0.39, 0.29) is 0 Å². The van der Waals surface area contributed by atoms with E-state index in [1.807, 2.05) is 0 Å². The van der Waals surface area contributed by atoms with E-state index in [9.17, 15) is 0 Å². The van der Waals surface area contributed by atoms with Gasteiger partial charge in [-0.3, -0.25) is 4.90 Å². The average Bonchev–Trinajstić information content (AvgIpc) is 2.61. The van der Waals surface area contributed by atoms with Crippen LogP contribution in [-0.2, 0) is 0 Å². The van der Waals surface area contributed by atoms with E-state index in [1.165, 1.54) is 50.8 Å². The molecule has 0 unspecified atom stereocenters. The van der Waals surface area contributed by atoms with Gasteiger partial charge in [-0.25, -0.2) is 4.98 Å². The lowest BCUT2D eigenvalue weighted by atomic mass is 9.96. The van der Waals surface area contributed by atoms with E-state index in [0.29, 0.717) is 6.04 Å². The summed E-state index contributed by atoms with van der Waals surface area (Å²) in [6.07, 6.45) is 8.73. The minimum Gasteiger partial charge on any atom is -0.354 e. The number of hydrogen-bond donors (Lipinski definition) is 0. The van der Waals surface area contributed by atoms with Crippen LogP contribution in [0.25, 0.3) is 0 Å². The van der Waals surface area contributed by atoms with E-state index in [1.54, 1.807) is 0 Å². The molecule has 2 aliphatic rings. The number of piperazine rings is 1. The Kier molecular flexibility index (Phi) is 5.90. The smallest absolute Gasteiger partial charge is 0.128 e. The molecule has 23 heavy (non-hydrogen) atoms. The summed E-state index contributed by atoms with van der Waals surface area (Å²) in [5, 5.41) is 0. The Labute approximate surface area is 141 Å². The molecule has 0 aromatic carbocycles. The normalized spacial score (nSPS) is 24.1. The second-order valence-electron chi connectivity index (χ2n) is 7.14. The number of rotatable bonds is 5. The molecule has 1 atom stereocenters. The summed E-state index contributed by atoms with van der Waals surface area (Å²) in [7, 11) is 2.20. The van der Waals surface area contributed by atoms with E-state index in [4.69, 9.17) is 4.98 Å². The van der Waals surface area contributed by atoms with E-state index in [2.05, 4.69) is 47.0 Å². The molecule has 0 spiro atoms. The van der Waals surface area contributed by atoms with Crippen LogP contribution in [0.15, 0.2) is 18.3 Å².